The number of hydrogen-bond acceptors (Lipinski definition) is 2. The summed E-state index contributed by atoms with van der Waals surface area (Å²) >= 11 is 0. The van der Waals surface area contributed by atoms with Crippen molar-refractivity contribution in [2.45, 2.75) is 6.04 Å². The molecule has 1 atom stereocenters. The molecule has 0 saturated heterocycles. The van der Waals surface area contributed by atoms with E-state index < -0.39 is 0 Å². The lowest BCUT2D eigenvalue weighted by Crippen LogP contribution is -2.23. The highest BCUT2D eigenvalue weighted by atomic mass is 19.1. The van der Waals surface area contributed by atoms with Crippen molar-refractivity contribution in [2.75, 3.05) is 12.4 Å². The van der Waals surface area contributed by atoms with Crippen LogP contribution in [0.1, 0.15) is 11.6 Å². The topological polar surface area (TPSA) is 41.1 Å². The first kappa shape index (κ1) is 8.19. The predicted molar refractivity (Wildman–Crippen MR) is 46.8 cm³/mol. The summed E-state index contributed by atoms with van der Waals surface area (Å²) in [6, 6.07) is 3.94. The summed E-state index contributed by atoms with van der Waals surface area (Å²) in [6.07, 6.45) is 0. The lowest BCUT2D eigenvalue weighted by Gasteiger charge is -2.05. The summed E-state index contributed by atoms with van der Waals surface area (Å²) in [6.45, 7) is 0. The summed E-state index contributed by atoms with van der Waals surface area (Å²) in [4.78, 5) is 11.3. The molecule has 2 rings (SSSR count). The Labute approximate surface area is 74.9 Å². The minimum Gasteiger partial charge on any atom is -0.324 e. The standard InChI is InChI=1S/C9H9FN2O/c1-11-8-6-3-2-5(10)4-7(6)12-9(8)13/h2-4,8,11H,1H3,(H,12,13). The van der Waals surface area contributed by atoms with E-state index in [1.807, 2.05) is 0 Å². The zero-order chi connectivity index (χ0) is 9.42. The number of rotatable bonds is 1. The third kappa shape index (κ3) is 1.19. The molecule has 0 aromatic heterocycles. The number of benzene rings is 1. The number of carbonyl (C=O) groups is 1. The summed E-state index contributed by atoms with van der Waals surface area (Å²) in [5.74, 6) is -0.473. The van der Waals surface area contributed by atoms with Gasteiger partial charge in [0.15, 0.2) is 0 Å². The minimum absolute atomic E-state index is 0.136. The van der Waals surface area contributed by atoms with Crippen LogP contribution in [-0.4, -0.2) is 13.0 Å². The van der Waals surface area contributed by atoms with Gasteiger partial charge in [-0.2, -0.15) is 0 Å². The van der Waals surface area contributed by atoms with Crippen LogP contribution in [0.2, 0.25) is 0 Å². The Kier molecular flexibility index (Phi) is 1.77. The lowest BCUT2D eigenvalue weighted by molar-refractivity contribution is -0.117. The van der Waals surface area contributed by atoms with Gasteiger partial charge in [-0.1, -0.05) is 6.07 Å². The second-order valence-electron chi connectivity index (χ2n) is 2.94. The molecule has 1 heterocycles. The van der Waals surface area contributed by atoms with E-state index in [4.69, 9.17) is 0 Å². The zero-order valence-corrected chi connectivity index (χ0v) is 7.10. The average Bonchev–Trinajstić information content (AvgIpc) is 2.39. The van der Waals surface area contributed by atoms with E-state index in [1.165, 1.54) is 12.1 Å². The number of fused-ring (bicyclic) bond motifs is 1. The monoisotopic (exact) mass is 180 g/mol. The summed E-state index contributed by atoms with van der Waals surface area (Å²) < 4.78 is 12.7. The Hall–Kier alpha value is -1.42. The normalized spacial score (nSPS) is 19.8. The van der Waals surface area contributed by atoms with Crippen molar-refractivity contribution >= 4 is 11.6 Å². The third-order valence-electron chi connectivity index (χ3n) is 2.14. The number of likely N-dealkylation sites (N-methyl/N-ethyl adjacent to an activating group) is 1. The summed E-state index contributed by atoms with van der Waals surface area (Å²) in [7, 11) is 1.70. The number of hydrogen-bond donors (Lipinski definition) is 2. The fraction of sp³-hybridized carbons (Fsp3) is 0.222. The van der Waals surface area contributed by atoms with Gasteiger partial charge in [-0.3, -0.25) is 4.79 Å². The average molecular weight is 180 g/mol. The van der Waals surface area contributed by atoms with E-state index >= 15 is 0 Å². The van der Waals surface area contributed by atoms with E-state index in [2.05, 4.69) is 10.6 Å². The van der Waals surface area contributed by atoms with Crippen molar-refractivity contribution in [1.82, 2.24) is 5.32 Å². The fourth-order valence-corrected chi connectivity index (χ4v) is 1.52. The molecule has 0 bridgehead atoms. The van der Waals surface area contributed by atoms with Crippen molar-refractivity contribution < 1.29 is 9.18 Å². The van der Waals surface area contributed by atoms with Crippen LogP contribution in [0, 0.1) is 5.82 Å². The first-order chi connectivity index (χ1) is 6.22. The zero-order valence-electron chi connectivity index (χ0n) is 7.10. The maximum atomic E-state index is 12.7. The van der Waals surface area contributed by atoms with E-state index in [-0.39, 0.29) is 17.8 Å². The summed E-state index contributed by atoms with van der Waals surface area (Å²) in [5.41, 5.74) is 1.36. The highest BCUT2D eigenvalue weighted by Crippen LogP contribution is 2.30. The van der Waals surface area contributed by atoms with Crippen molar-refractivity contribution in [3.05, 3.63) is 29.6 Å². The van der Waals surface area contributed by atoms with Crippen LogP contribution in [-0.2, 0) is 4.79 Å². The van der Waals surface area contributed by atoms with Crippen LogP contribution in [0.15, 0.2) is 18.2 Å². The minimum atomic E-state index is -0.351. The molecule has 1 unspecified atom stereocenters. The maximum absolute atomic E-state index is 12.7. The van der Waals surface area contributed by atoms with Gasteiger partial charge in [-0.05, 0) is 19.2 Å². The van der Waals surface area contributed by atoms with Crippen molar-refractivity contribution in [2.24, 2.45) is 0 Å². The molecule has 13 heavy (non-hydrogen) atoms. The number of halogens is 1. The quantitative estimate of drug-likeness (QED) is 0.678. The Bertz CT molecular complexity index is 365. The molecule has 1 aliphatic rings. The predicted octanol–water partition coefficient (Wildman–Crippen LogP) is 1.04. The van der Waals surface area contributed by atoms with Gasteiger partial charge < -0.3 is 10.6 Å². The third-order valence-corrected chi connectivity index (χ3v) is 2.14. The highest BCUT2D eigenvalue weighted by Gasteiger charge is 2.28. The lowest BCUT2D eigenvalue weighted by atomic mass is 10.1. The molecular weight excluding hydrogens is 171 g/mol. The molecule has 1 aliphatic heterocycles. The largest absolute Gasteiger partial charge is 0.324 e. The van der Waals surface area contributed by atoms with Gasteiger partial charge in [-0.25, -0.2) is 4.39 Å². The molecule has 0 saturated carbocycles. The number of amides is 1. The second kappa shape index (κ2) is 2.81. The van der Waals surface area contributed by atoms with Crippen molar-refractivity contribution in [3.8, 4) is 0 Å². The molecule has 1 aromatic rings. The number of anilines is 1. The van der Waals surface area contributed by atoms with Gasteiger partial charge >= 0.3 is 0 Å². The molecule has 0 aliphatic carbocycles. The molecule has 68 valence electrons. The molecular formula is C9H9FN2O. The molecule has 3 nitrogen and oxygen atoms in total. The Morgan fingerprint density at radius 3 is 3.00 bits per heavy atom. The van der Waals surface area contributed by atoms with E-state index in [0.717, 1.165) is 5.56 Å². The van der Waals surface area contributed by atoms with Gasteiger partial charge in [-0.15, -0.1) is 0 Å². The number of nitrogens with one attached hydrogen (secondary N) is 2. The molecule has 0 fully saturated rings. The van der Waals surface area contributed by atoms with Gasteiger partial charge in [0, 0.05) is 11.3 Å². The maximum Gasteiger partial charge on any atom is 0.246 e. The van der Waals surface area contributed by atoms with Crippen LogP contribution < -0.4 is 10.6 Å². The van der Waals surface area contributed by atoms with Crippen LogP contribution in [0.4, 0.5) is 10.1 Å². The molecule has 0 radical (unpaired) electrons. The van der Waals surface area contributed by atoms with E-state index in [0.29, 0.717) is 5.69 Å². The molecule has 2 N–H and O–H groups in total. The molecule has 1 amide bonds. The first-order valence-electron chi connectivity index (χ1n) is 4.00. The Morgan fingerprint density at radius 1 is 1.54 bits per heavy atom. The molecule has 4 heteroatoms. The van der Waals surface area contributed by atoms with Gasteiger partial charge in [0.25, 0.3) is 0 Å². The highest BCUT2D eigenvalue weighted by molar-refractivity contribution is 6.02. The van der Waals surface area contributed by atoms with Crippen LogP contribution >= 0.6 is 0 Å². The molecule has 1 aromatic carbocycles. The van der Waals surface area contributed by atoms with Crippen LogP contribution in [0.5, 0.6) is 0 Å². The van der Waals surface area contributed by atoms with Crippen LogP contribution in [0.25, 0.3) is 0 Å². The van der Waals surface area contributed by atoms with Crippen molar-refractivity contribution in [3.63, 3.8) is 0 Å². The first-order valence-corrected chi connectivity index (χ1v) is 4.00. The smallest absolute Gasteiger partial charge is 0.246 e. The summed E-state index contributed by atoms with van der Waals surface area (Å²) in [5, 5.41) is 5.45. The van der Waals surface area contributed by atoms with E-state index in [1.54, 1.807) is 13.1 Å². The second-order valence-corrected chi connectivity index (χ2v) is 2.94. The van der Waals surface area contributed by atoms with Gasteiger partial charge in [0.2, 0.25) is 5.91 Å². The Balaban J connectivity index is 2.48. The number of carbonyl (C=O) groups excluding carboxylic acids is 1. The van der Waals surface area contributed by atoms with Crippen molar-refractivity contribution in [1.29, 1.82) is 0 Å². The Morgan fingerprint density at radius 2 is 2.31 bits per heavy atom. The van der Waals surface area contributed by atoms with Gasteiger partial charge in [0.1, 0.15) is 11.9 Å². The van der Waals surface area contributed by atoms with E-state index in [9.17, 15) is 9.18 Å². The molecule has 0 spiro atoms. The fourth-order valence-electron chi connectivity index (χ4n) is 1.52. The van der Waals surface area contributed by atoms with Crippen LogP contribution in [0.3, 0.4) is 0 Å². The SMILES string of the molecule is CNC1C(=O)Nc2cc(F)ccc21. The van der Waals surface area contributed by atoms with Gasteiger partial charge in [0.05, 0.1) is 0 Å².